The van der Waals surface area contributed by atoms with Crippen molar-refractivity contribution in [2.24, 2.45) is 0 Å². The molecule has 1 aromatic rings. The fourth-order valence-corrected chi connectivity index (χ4v) is 7.28. The van der Waals surface area contributed by atoms with Crippen LogP contribution in [0.5, 0.6) is 0 Å². The second-order valence-corrected chi connectivity index (χ2v) is 11.7. The summed E-state index contributed by atoms with van der Waals surface area (Å²) in [6.45, 7) is 6.65. The molecule has 0 aliphatic heterocycles. The molecule has 4 heteroatoms. The summed E-state index contributed by atoms with van der Waals surface area (Å²) < 4.78 is 24.3. The van der Waals surface area contributed by atoms with Crippen LogP contribution < -0.4 is 0 Å². The highest BCUT2D eigenvalue weighted by Crippen LogP contribution is 2.64. The summed E-state index contributed by atoms with van der Waals surface area (Å²) in [7, 11) is -4.94. The van der Waals surface area contributed by atoms with Crippen LogP contribution in [0, 0.1) is 0 Å². The van der Waals surface area contributed by atoms with Crippen LogP contribution in [-0.2, 0) is 9.13 Å². The van der Waals surface area contributed by atoms with Crippen LogP contribution in [0.3, 0.4) is 0 Å². The van der Waals surface area contributed by atoms with Crippen LogP contribution in [0.1, 0.15) is 5.56 Å². The summed E-state index contributed by atoms with van der Waals surface area (Å²) in [5.41, 5.74) is 1.07. The van der Waals surface area contributed by atoms with E-state index in [9.17, 15) is 9.13 Å². The molecule has 0 heterocycles. The highest BCUT2D eigenvalue weighted by Gasteiger charge is 2.25. The van der Waals surface area contributed by atoms with E-state index < -0.39 is 14.3 Å². The normalized spacial score (nSPS) is 12.7. The molecule has 0 aliphatic rings. The molecule has 2 nitrogen and oxygen atoms in total. The van der Waals surface area contributed by atoms with Crippen LogP contribution in [-0.4, -0.2) is 26.7 Å². The third-order valence-corrected chi connectivity index (χ3v) is 7.83. The lowest BCUT2D eigenvalue weighted by Gasteiger charge is -2.15. The van der Waals surface area contributed by atoms with E-state index in [2.05, 4.69) is 0 Å². The summed E-state index contributed by atoms with van der Waals surface area (Å²) in [4.78, 5) is 0. The van der Waals surface area contributed by atoms with Gasteiger partial charge in [-0.15, -0.1) is 0 Å². The van der Waals surface area contributed by atoms with Gasteiger partial charge in [-0.05, 0) is 38.3 Å². The van der Waals surface area contributed by atoms with Gasteiger partial charge in [0.05, 0.1) is 0 Å². The molecule has 0 aliphatic carbocycles. The topological polar surface area (TPSA) is 34.1 Å². The second-order valence-electron chi connectivity index (χ2n) is 5.00. The van der Waals surface area contributed by atoms with E-state index in [-0.39, 0.29) is 0 Å². The van der Waals surface area contributed by atoms with Gasteiger partial charge in [0.25, 0.3) is 0 Å². The van der Waals surface area contributed by atoms with Gasteiger partial charge in [-0.1, -0.05) is 42.5 Å². The van der Waals surface area contributed by atoms with Gasteiger partial charge >= 0.3 is 0 Å². The van der Waals surface area contributed by atoms with Gasteiger partial charge < -0.3 is 9.13 Å². The average molecular weight is 282 g/mol. The minimum Gasteiger partial charge on any atom is -0.319 e. The first kappa shape index (κ1) is 15.2. The molecule has 0 N–H and O–H groups in total. The smallest absolute Gasteiger partial charge is 0.113 e. The molecular formula is C14H20O2P2. The Hall–Kier alpha value is -0.840. The van der Waals surface area contributed by atoms with Gasteiger partial charge in [0.2, 0.25) is 0 Å². The lowest BCUT2D eigenvalue weighted by molar-refractivity contribution is 0.581. The Morgan fingerprint density at radius 3 is 1.89 bits per heavy atom. The number of hydrogen-bond acceptors (Lipinski definition) is 2. The molecule has 0 radical (unpaired) electrons. The minimum absolute atomic E-state index is 0.585. The molecule has 0 unspecified atom stereocenters. The largest absolute Gasteiger partial charge is 0.319 e. The summed E-state index contributed by atoms with van der Waals surface area (Å²) in [6.07, 6.45) is 5.49. The third-order valence-electron chi connectivity index (χ3n) is 2.44. The quantitative estimate of drug-likeness (QED) is 0.588. The van der Waals surface area contributed by atoms with Crippen molar-refractivity contribution in [3.63, 3.8) is 0 Å². The van der Waals surface area contributed by atoms with Crippen molar-refractivity contribution in [1.82, 2.24) is 0 Å². The van der Waals surface area contributed by atoms with Crippen LogP contribution in [0.4, 0.5) is 0 Å². The van der Waals surface area contributed by atoms with Gasteiger partial charge in [-0.3, -0.25) is 0 Å². The average Bonchev–Trinajstić information content (AvgIpc) is 2.22. The third kappa shape index (κ3) is 4.80. The van der Waals surface area contributed by atoms with E-state index in [0.29, 0.717) is 5.06 Å². The van der Waals surface area contributed by atoms with Crippen LogP contribution in [0.25, 0.3) is 6.08 Å². The molecule has 0 atom stereocenters. The van der Waals surface area contributed by atoms with Crippen molar-refractivity contribution in [1.29, 1.82) is 0 Å². The predicted octanol–water partition coefficient (Wildman–Crippen LogP) is 4.79. The van der Waals surface area contributed by atoms with E-state index in [1.165, 1.54) is 0 Å². The zero-order valence-electron chi connectivity index (χ0n) is 11.3. The molecule has 0 saturated heterocycles. The molecule has 0 fully saturated rings. The Labute approximate surface area is 110 Å². The summed E-state index contributed by atoms with van der Waals surface area (Å²) in [5, 5.41) is 0.585. The number of rotatable bonds is 4. The molecule has 0 aromatic heterocycles. The molecule has 1 aromatic carbocycles. The molecule has 98 valence electrons. The SMILES string of the molecule is CP(C)(=O)C(=CC=Cc1ccccc1)P(C)(C)=O. The molecule has 0 amide bonds. The van der Waals surface area contributed by atoms with Crippen molar-refractivity contribution >= 4 is 20.4 Å². The standard InChI is InChI=1S/C14H20O2P2/c1-17(2,15)14(18(3,4)16)12-8-11-13-9-6-5-7-10-13/h5-12H,1-4H3. The maximum atomic E-state index is 12.1. The Bertz CT molecular complexity index is 520. The summed E-state index contributed by atoms with van der Waals surface area (Å²) in [5.74, 6) is 0. The number of hydrogen-bond donors (Lipinski definition) is 0. The van der Waals surface area contributed by atoms with Gasteiger partial charge in [0.15, 0.2) is 0 Å². The Morgan fingerprint density at radius 1 is 0.944 bits per heavy atom. The van der Waals surface area contributed by atoms with Gasteiger partial charge in [0.1, 0.15) is 14.3 Å². The molecule has 0 spiro atoms. The second kappa shape index (κ2) is 5.87. The lowest BCUT2D eigenvalue weighted by Crippen LogP contribution is -1.85. The number of allylic oxidation sites excluding steroid dienone is 2. The molecule has 1 rings (SSSR count). The fourth-order valence-electron chi connectivity index (χ4n) is 1.75. The lowest BCUT2D eigenvalue weighted by atomic mass is 10.2. The van der Waals surface area contributed by atoms with E-state index in [1.54, 1.807) is 32.7 Å². The molecular weight excluding hydrogens is 262 g/mol. The highest BCUT2D eigenvalue weighted by atomic mass is 31.2. The zero-order chi connectivity index (χ0) is 13.8. The maximum absolute atomic E-state index is 12.1. The van der Waals surface area contributed by atoms with Gasteiger partial charge in [0, 0.05) is 5.06 Å². The van der Waals surface area contributed by atoms with E-state index in [0.717, 1.165) is 5.56 Å². The van der Waals surface area contributed by atoms with Crippen molar-refractivity contribution in [2.45, 2.75) is 0 Å². The monoisotopic (exact) mass is 282 g/mol. The first-order valence-corrected chi connectivity index (χ1v) is 11.0. The first-order chi connectivity index (χ1) is 8.21. The molecule has 0 bridgehead atoms. The molecule has 0 saturated carbocycles. The summed E-state index contributed by atoms with van der Waals surface area (Å²) in [6, 6.07) is 9.84. The minimum atomic E-state index is -2.47. The van der Waals surface area contributed by atoms with Crippen molar-refractivity contribution in [3.05, 3.63) is 53.1 Å². The van der Waals surface area contributed by atoms with Crippen LogP contribution in [0.2, 0.25) is 0 Å². The van der Waals surface area contributed by atoms with Crippen molar-refractivity contribution in [2.75, 3.05) is 26.7 Å². The van der Waals surface area contributed by atoms with Crippen molar-refractivity contribution < 1.29 is 9.13 Å². The number of benzene rings is 1. The Balaban J connectivity index is 3.03. The Morgan fingerprint density at radius 2 is 1.44 bits per heavy atom. The van der Waals surface area contributed by atoms with Crippen LogP contribution >= 0.6 is 14.3 Å². The first-order valence-electron chi connectivity index (χ1n) is 5.76. The Kier molecular flexibility index (Phi) is 4.96. The summed E-state index contributed by atoms with van der Waals surface area (Å²) >= 11 is 0. The van der Waals surface area contributed by atoms with E-state index in [1.807, 2.05) is 42.5 Å². The van der Waals surface area contributed by atoms with Crippen LogP contribution in [0.15, 0.2) is 47.5 Å². The van der Waals surface area contributed by atoms with Gasteiger partial charge in [-0.25, -0.2) is 0 Å². The van der Waals surface area contributed by atoms with Crippen molar-refractivity contribution in [3.8, 4) is 0 Å². The van der Waals surface area contributed by atoms with E-state index in [4.69, 9.17) is 0 Å². The highest BCUT2D eigenvalue weighted by molar-refractivity contribution is 7.86. The maximum Gasteiger partial charge on any atom is 0.113 e. The van der Waals surface area contributed by atoms with Gasteiger partial charge in [-0.2, -0.15) is 0 Å². The molecule has 18 heavy (non-hydrogen) atoms. The predicted molar refractivity (Wildman–Crippen MR) is 82.5 cm³/mol. The fraction of sp³-hybridized carbons (Fsp3) is 0.286. The van der Waals surface area contributed by atoms with E-state index >= 15 is 0 Å². The zero-order valence-corrected chi connectivity index (χ0v) is 13.1.